The first-order valence-corrected chi connectivity index (χ1v) is 8.38. The molecule has 3 aromatic rings. The lowest BCUT2D eigenvalue weighted by molar-refractivity contribution is -0.122. The molecule has 0 fully saturated rings. The first kappa shape index (κ1) is 17.0. The highest BCUT2D eigenvalue weighted by Gasteiger charge is 2.15. The number of carbonyl (C=O) groups excluding carboxylic acids is 1. The molecule has 0 saturated carbocycles. The van der Waals surface area contributed by atoms with Crippen LogP contribution in [0.25, 0.3) is 11.4 Å². The Morgan fingerprint density at radius 3 is 2.88 bits per heavy atom. The van der Waals surface area contributed by atoms with Crippen LogP contribution in [-0.2, 0) is 11.3 Å². The van der Waals surface area contributed by atoms with E-state index in [2.05, 4.69) is 20.5 Å². The Bertz CT molecular complexity index is 932. The van der Waals surface area contributed by atoms with Crippen molar-refractivity contribution < 1.29 is 4.79 Å². The zero-order valence-corrected chi connectivity index (χ0v) is 14.9. The Hall–Kier alpha value is -2.80. The Kier molecular flexibility index (Phi) is 5.04. The fraction of sp³-hybridized carbons (Fsp3) is 0.222. The van der Waals surface area contributed by atoms with Crippen molar-refractivity contribution in [3.63, 3.8) is 0 Å². The topological polar surface area (TPSA) is 75.6 Å². The summed E-state index contributed by atoms with van der Waals surface area (Å²) in [6.45, 7) is 4.00. The Balaban J connectivity index is 1.78. The predicted octanol–water partition coefficient (Wildman–Crippen LogP) is 3.19. The summed E-state index contributed by atoms with van der Waals surface area (Å²) in [6, 6.07) is 13.4. The van der Waals surface area contributed by atoms with E-state index in [4.69, 9.17) is 12.2 Å². The molecule has 1 atom stereocenters. The van der Waals surface area contributed by atoms with Crippen molar-refractivity contribution in [2.24, 2.45) is 0 Å². The minimum absolute atomic E-state index is 0.0930. The van der Waals surface area contributed by atoms with E-state index in [1.165, 1.54) is 0 Å². The number of aryl methyl sites for hydroxylation is 1. The molecule has 1 amide bonds. The maximum atomic E-state index is 12.4. The number of nitrogens with zero attached hydrogens (tertiary/aromatic N) is 3. The number of pyridine rings is 1. The van der Waals surface area contributed by atoms with Crippen molar-refractivity contribution in [2.45, 2.75) is 26.4 Å². The number of H-pyrrole nitrogens is 1. The molecule has 0 bridgehead atoms. The number of benzene rings is 1. The molecule has 128 valence electrons. The van der Waals surface area contributed by atoms with Gasteiger partial charge in [0.05, 0.1) is 11.7 Å². The van der Waals surface area contributed by atoms with Gasteiger partial charge in [-0.05, 0) is 44.3 Å². The largest absolute Gasteiger partial charge is 0.346 e. The van der Waals surface area contributed by atoms with Crippen LogP contribution in [0.15, 0.2) is 48.7 Å². The molecule has 0 spiro atoms. The molecule has 0 radical (unpaired) electrons. The summed E-state index contributed by atoms with van der Waals surface area (Å²) in [5, 5.41) is 9.98. The van der Waals surface area contributed by atoms with Gasteiger partial charge in [0, 0.05) is 11.8 Å². The van der Waals surface area contributed by atoms with Gasteiger partial charge in [-0.15, -0.1) is 0 Å². The second-order valence-electron chi connectivity index (χ2n) is 5.85. The van der Waals surface area contributed by atoms with E-state index >= 15 is 0 Å². The number of hydrogen-bond acceptors (Lipinski definition) is 4. The zero-order valence-electron chi connectivity index (χ0n) is 14.1. The maximum Gasteiger partial charge on any atom is 0.240 e. The number of rotatable bonds is 5. The molecule has 1 aromatic carbocycles. The van der Waals surface area contributed by atoms with Crippen LogP contribution in [0.1, 0.15) is 24.2 Å². The second kappa shape index (κ2) is 7.40. The van der Waals surface area contributed by atoms with E-state index in [1.54, 1.807) is 10.8 Å². The first-order valence-electron chi connectivity index (χ1n) is 7.97. The van der Waals surface area contributed by atoms with E-state index in [0.717, 1.165) is 16.8 Å². The molecule has 3 rings (SSSR count). The summed E-state index contributed by atoms with van der Waals surface area (Å²) >= 11 is 5.28. The third-order valence-electron chi connectivity index (χ3n) is 3.85. The van der Waals surface area contributed by atoms with Crippen LogP contribution in [0.2, 0.25) is 0 Å². The third-order valence-corrected chi connectivity index (χ3v) is 4.16. The normalized spacial score (nSPS) is 11.9. The number of hydrogen-bond donors (Lipinski definition) is 2. The predicted molar refractivity (Wildman–Crippen MR) is 98.4 cm³/mol. The number of amides is 1. The molecule has 0 aliphatic heterocycles. The van der Waals surface area contributed by atoms with E-state index in [1.807, 2.05) is 56.3 Å². The van der Waals surface area contributed by atoms with Crippen molar-refractivity contribution in [2.75, 3.05) is 0 Å². The summed E-state index contributed by atoms with van der Waals surface area (Å²) in [4.78, 5) is 16.7. The molecule has 2 aromatic heterocycles. The van der Waals surface area contributed by atoms with Gasteiger partial charge in [-0.25, -0.2) is 0 Å². The highest BCUT2D eigenvalue weighted by Crippen LogP contribution is 2.18. The first-order chi connectivity index (χ1) is 12.0. The van der Waals surface area contributed by atoms with Crippen molar-refractivity contribution in [1.29, 1.82) is 0 Å². The average Bonchev–Trinajstić information content (AvgIpc) is 2.96. The standard InChI is InChI=1S/C18H19N5OS/c1-12-6-5-7-14(10-12)17-21-22-18(25)23(17)11-16(24)20-13(2)15-8-3-4-9-19-15/h3-10,13H,11H2,1-2H3,(H,20,24)(H,22,25). The van der Waals surface area contributed by atoms with Crippen LogP contribution >= 0.6 is 12.2 Å². The van der Waals surface area contributed by atoms with E-state index < -0.39 is 0 Å². The van der Waals surface area contributed by atoms with Crippen LogP contribution in [0.4, 0.5) is 0 Å². The fourth-order valence-corrected chi connectivity index (χ4v) is 2.80. The molecule has 25 heavy (non-hydrogen) atoms. The minimum Gasteiger partial charge on any atom is -0.346 e. The van der Waals surface area contributed by atoms with Gasteiger partial charge in [0.1, 0.15) is 6.54 Å². The van der Waals surface area contributed by atoms with Crippen LogP contribution in [-0.4, -0.2) is 25.7 Å². The summed E-state index contributed by atoms with van der Waals surface area (Å²) in [7, 11) is 0. The summed E-state index contributed by atoms with van der Waals surface area (Å²) < 4.78 is 2.11. The summed E-state index contributed by atoms with van der Waals surface area (Å²) in [5.41, 5.74) is 2.84. The highest BCUT2D eigenvalue weighted by atomic mass is 32.1. The van der Waals surface area contributed by atoms with Gasteiger partial charge >= 0.3 is 0 Å². The number of nitrogens with one attached hydrogen (secondary N) is 2. The highest BCUT2D eigenvalue weighted by molar-refractivity contribution is 7.71. The molecule has 0 aliphatic rings. The van der Waals surface area contributed by atoms with Crippen LogP contribution in [0.3, 0.4) is 0 Å². The zero-order chi connectivity index (χ0) is 17.8. The molecule has 0 aliphatic carbocycles. The number of carbonyl (C=O) groups is 1. The van der Waals surface area contributed by atoms with Crippen molar-refractivity contribution in [3.8, 4) is 11.4 Å². The summed E-state index contributed by atoms with van der Waals surface area (Å²) in [5.74, 6) is 0.499. The van der Waals surface area contributed by atoms with Gasteiger partial charge in [0.2, 0.25) is 5.91 Å². The molecule has 2 heterocycles. The minimum atomic E-state index is -0.183. The van der Waals surface area contributed by atoms with Gasteiger partial charge in [-0.3, -0.25) is 19.4 Å². The quantitative estimate of drug-likeness (QED) is 0.691. The lowest BCUT2D eigenvalue weighted by Gasteiger charge is -2.14. The van der Waals surface area contributed by atoms with Crippen LogP contribution in [0, 0.1) is 11.7 Å². The Morgan fingerprint density at radius 2 is 2.16 bits per heavy atom. The van der Waals surface area contributed by atoms with Gasteiger partial charge < -0.3 is 5.32 Å². The molecular formula is C18H19N5OS. The Morgan fingerprint density at radius 1 is 1.32 bits per heavy atom. The summed E-state index contributed by atoms with van der Waals surface area (Å²) in [6.07, 6.45) is 1.71. The van der Waals surface area contributed by atoms with Gasteiger partial charge in [0.25, 0.3) is 0 Å². The lowest BCUT2D eigenvalue weighted by atomic mass is 10.1. The van der Waals surface area contributed by atoms with Gasteiger partial charge in [0.15, 0.2) is 10.6 Å². The molecule has 7 heteroatoms. The molecular weight excluding hydrogens is 334 g/mol. The second-order valence-corrected chi connectivity index (χ2v) is 6.24. The SMILES string of the molecule is Cc1cccc(-c2n[nH]c(=S)n2CC(=O)NC(C)c2ccccn2)c1. The van der Waals surface area contributed by atoms with Gasteiger partial charge in [-0.1, -0.05) is 29.8 Å². The van der Waals surface area contributed by atoms with E-state index in [-0.39, 0.29) is 18.5 Å². The van der Waals surface area contributed by atoms with Crippen LogP contribution in [0.5, 0.6) is 0 Å². The van der Waals surface area contributed by atoms with E-state index in [9.17, 15) is 4.79 Å². The van der Waals surface area contributed by atoms with E-state index in [0.29, 0.717) is 10.6 Å². The molecule has 2 N–H and O–H groups in total. The fourth-order valence-electron chi connectivity index (χ4n) is 2.61. The van der Waals surface area contributed by atoms with Crippen molar-refractivity contribution in [1.82, 2.24) is 25.1 Å². The molecule has 1 unspecified atom stereocenters. The monoisotopic (exact) mass is 353 g/mol. The average molecular weight is 353 g/mol. The van der Waals surface area contributed by atoms with Crippen molar-refractivity contribution >= 4 is 18.1 Å². The number of aromatic nitrogens is 4. The molecule has 0 saturated heterocycles. The third kappa shape index (κ3) is 4.00. The molecule has 6 nitrogen and oxygen atoms in total. The lowest BCUT2D eigenvalue weighted by Crippen LogP contribution is -2.30. The smallest absolute Gasteiger partial charge is 0.240 e. The maximum absolute atomic E-state index is 12.4. The van der Waals surface area contributed by atoms with Gasteiger partial charge in [-0.2, -0.15) is 5.10 Å². The Labute approximate surface area is 150 Å². The number of aromatic amines is 1. The van der Waals surface area contributed by atoms with Crippen molar-refractivity contribution in [3.05, 3.63) is 64.7 Å². The van der Waals surface area contributed by atoms with Crippen LogP contribution < -0.4 is 5.32 Å².